The molecule has 0 aliphatic carbocycles. The summed E-state index contributed by atoms with van der Waals surface area (Å²) in [6.07, 6.45) is 2.95. The highest BCUT2D eigenvalue weighted by Crippen LogP contribution is 2.36. The van der Waals surface area contributed by atoms with Crippen LogP contribution in [-0.4, -0.2) is 51.5 Å². The van der Waals surface area contributed by atoms with Crippen molar-refractivity contribution in [2.24, 2.45) is 5.92 Å². The lowest BCUT2D eigenvalue weighted by molar-refractivity contribution is -0.135. The molecule has 2 atom stereocenters. The zero-order chi connectivity index (χ0) is 21.4. The quantitative estimate of drug-likeness (QED) is 0.489. The van der Waals surface area contributed by atoms with Gasteiger partial charge in [-0.15, -0.1) is 11.3 Å². The lowest BCUT2D eigenvalue weighted by Gasteiger charge is -2.30. The third kappa shape index (κ3) is 3.98. The Bertz CT molecular complexity index is 1040. The fourth-order valence-electron chi connectivity index (χ4n) is 3.85. The number of carbonyl (C=O) groups is 2. The van der Waals surface area contributed by atoms with Gasteiger partial charge in [-0.25, -0.2) is 9.78 Å². The number of ether oxygens (including phenoxy) is 1. The second kappa shape index (κ2) is 8.43. The summed E-state index contributed by atoms with van der Waals surface area (Å²) in [4.78, 5) is 39.1. The molecule has 0 unspecified atom stereocenters. The fraction of sp³-hybridized carbons (Fsp3) is 0.450. The van der Waals surface area contributed by atoms with Crippen LogP contribution < -0.4 is 5.32 Å². The van der Waals surface area contributed by atoms with Crippen LogP contribution in [0.2, 0.25) is 0 Å². The van der Waals surface area contributed by atoms with E-state index < -0.39 is 12.1 Å². The number of H-pyrrole nitrogens is 2. The molecule has 0 radical (unpaired) electrons. The van der Waals surface area contributed by atoms with Gasteiger partial charge in [0.15, 0.2) is 0 Å². The average molecular weight is 494 g/mol. The highest BCUT2D eigenvalue weighted by atomic mass is 79.9. The van der Waals surface area contributed by atoms with E-state index in [2.05, 4.69) is 53.1 Å². The molecular formula is C20H24BrN5O3S. The summed E-state index contributed by atoms with van der Waals surface area (Å²) >= 11 is 5.13. The minimum absolute atomic E-state index is 0.0570. The molecule has 2 amide bonds. The van der Waals surface area contributed by atoms with Crippen LogP contribution in [0.1, 0.15) is 38.6 Å². The first-order chi connectivity index (χ1) is 14.4. The molecule has 1 fully saturated rings. The Labute approximate surface area is 186 Å². The fourth-order valence-corrected chi connectivity index (χ4v) is 5.46. The predicted molar refractivity (Wildman–Crippen MR) is 119 cm³/mol. The van der Waals surface area contributed by atoms with Gasteiger partial charge in [0, 0.05) is 6.54 Å². The average Bonchev–Trinajstić information content (AvgIpc) is 3.46. The predicted octanol–water partition coefficient (Wildman–Crippen LogP) is 4.43. The number of imidazole rings is 1. The zero-order valence-electron chi connectivity index (χ0n) is 17.0. The summed E-state index contributed by atoms with van der Waals surface area (Å²) in [7, 11) is 1.30. The third-order valence-corrected chi connectivity index (χ3v) is 6.92. The van der Waals surface area contributed by atoms with E-state index in [0.29, 0.717) is 6.54 Å². The van der Waals surface area contributed by atoms with Gasteiger partial charge < -0.3 is 24.9 Å². The number of methoxy groups -OCH3 is 1. The van der Waals surface area contributed by atoms with E-state index in [1.165, 1.54) is 11.8 Å². The van der Waals surface area contributed by atoms with Crippen molar-refractivity contribution in [1.29, 1.82) is 0 Å². The number of hydrogen-bond donors (Lipinski definition) is 3. The summed E-state index contributed by atoms with van der Waals surface area (Å²) in [5, 5.41) is 2.67. The molecular weight excluding hydrogens is 470 g/mol. The number of amides is 2. The summed E-state index contributed by atoms with van der Waals surface area (Å²) in [5.41, 5.74) is 2.01. The Kier molecular flexibility index (Phi) is 5.88. The maximum absolute atomic E-state index is 13.2. The van der Waals surface area contributed by atoms with Gasteiger partial charge in [0.05, 0.1) is 44.7 Å². The van der Waals surface area contributed by atoms with Gasteiger partial charge >= 0.3 is 6.09 Å². The first kappa shape index (κ1) is 20.9. The van der Waals surface area contributed by atoms with Crippen molar-refractivity contribution in [3.8, 4) is 10.6 Å². The lowest BCUT2D eigenvalue weighted by atomic mass is 10.0. The first-order valence-electron chi connectivity index (χ1n) is 9.85. The van der Waals surface area contributed by atoms with E-state index in [1.807, 2.05) is 24.9 Å². The number of thiophene rings is 1. The molecule has 3 N–H and O–H groups in total. The largest absolute Gasteiger partial charge is 0.453 e. The van der Waals surface area contributed by atoms with E-state index >= 15 is 0 Å². The summed E-state index contributed by atoms with van der Waals surface area (Å²) in [6.45, 7) is 4.46. The second-order valence-electron chi connectivity index (χ2n) is 7.74. The summed E-state index contributed by atoms with van der Waals surface area (Å²) < 4.78 is 6.81. The van der Waals surface area contributed by atoms with Crippen LogP contribution in [0, 0.1) is 5.92 Å². The van der Waals surface area contributed by atoms with Crippen LogP contribution in [-0.2, 0) is 9.53 Å². The minimum Gasteiger partial charge on any atom is -0.453 e. The van der Waals surface area contributed by atoms with Crippen LogP contribution in [0.4, 0.5) is 4.79 Å². The number of aromatic nitrogens is 3. The van der Waals surface area contributed by atoms with Gasteiger partial charge in [0.25, 0.3) is 0 Å². The number of aromatic amines is 2. The normalized spacial score (nSPS) is 17.6. The van der Waals surface area contributed by atoms with Gasteiger partial charge in [0.1, 0.15) is 11.9 Å². The van der Waals surface area contributed by atoms with Crippen LogP contribution in [0.5, 0.6) is 0 Å². The number of nitrogens with zero attached hydrogens (tertiary/aromatic N) is 2. The van der Waals surface area contributed by atoms with Gasteiger partial charge in [-0.1, -0.05) is 13.8 Å². The molecule has 4 rings (SSSR count). The van der Waals surface area contributed by atoms with Gasteiger partial charge in [-0.3, -0.25) is 4.79 Å². The standard InChI is InChI=1S/C20H24BrN5O3S/c1-10(2)17(25-20(28)29-3)19(27)26-6-4-5-13(26)18-22-9-12(24-18)14-7-11-15(30-14)8-16(21)23-11/h7-10,13,17,23H,4-6H2,1-3H3,(H,22,24)(H,25,28)/t13-,17-/m0/s1. The number of rotatable bonds is 5. The molecule has 0 saturated carbocycles. The maximum Gasteiger partial charge on any atom is 0.407 e. The Balaban J connectivity index is 1.55. The number of halogens is 1. The highest BCUT2D eigenvalue weighted by molar-refractivity contribution is 9.10. The van der Waals surface area contributed by atoms with E-state index in [0.717, 1.165) is 39.4 Å². The van der Waals surface area contributed by atoms with Crippen molar-refractivity contribution >= 4 is 49.5 Å². The molecule has 8 nitrogen and oxygen atoms in total. The molecule has 30 heavy (non-hydrogen) atoms. The number of hydrogen-bond acceptors (Lipinski definition) is 5. The zero-order valence-corrected chi connectivity index (χ0v) is 19.4. The number of likely N-dealkylation sites (tertiary alicyclic amines) is 1. The van der Waals surface area contributed by atoms with Gasteiger partial charge in [-0.05, 0) is 46.8 Å². The molecule has 3 aromatic heterocycles. The molecule has 0 aromatic carbocycles. The molecule has 10 heteroatoms. The van der Waals surface area contributed by atoms with E-state index in [9.17, 15) is 9.59 Å². The molecule has 160 valence electrons. The van der Waals surface area contributed by atoms with Crippen LogP contribution in [0.25, 0.3) is 20.8 Å². The molecule has 1 aliphatic rings. The van der Waals surface area contributed by atoms with Crippen molar-refractivity contribution < 1.29 is 14.3 Å². The Morgan fingerprint density at radius 3 is 2.87 bits per heavy atom. The minimum atomic E-state index is -0.635. The van der Waals surface area contributed by atoms with Crippen molar-refractivity contribution in [2.45, 2.75) is 38.8 Å². The maximum atomic E-state index is 13.2. The topological polar surface area (TPSA) is 103 Å². The van der Waals surface area contributed by atoms with Crippen molar-refractivity contribution in [2.75, 3.05) is 13.7 Å². The van der Waals surface area contributed by atoms with Crippen molar-refractivity contribution in [1.82, 2.24) is 25.2 Å². The molecule has 3 aromatic rings. The number of nitrogens with one attached hydrogen (secondary N) is 3. The van der Waals surface area contributed by atoms with Crippen LogP contribution in [0.3, 0.4) is 0 Å². The SMILES string of the molecule is COC(=O)N[C@H](C(=O)N1CCC[C@H]1c1ncc(-c2cc3[nH]c(Br)cc3s2)[nH]1)C(C)C. The first-order valence-corrected chi connectivity index (χ1v) is 11.5. The number of alkyl carbamates (subject to hydrolysis) is 1. The molecule has 1 aliphatic heterocycles. The smallest absolute Gasteiger partial charge is 0.407 e. The van der Waals surface area contributed by atoms with Gasteiger partial charge in [0.2, 0.25) is 5.91 Å². The summed E-state index contributed by atoms with van der Waals surface area (Å²) in [6, 6.07) is 3.38. The van der Waals surface area contributed by atoms with Crippen LogP contribution >= 0.6 is 27.3 Å². The van der Waals surface area contributed by atoms with E-state index in [-0.39, 0.29) is 17.9 Å². The Morgan fingerprint density at radius 1 is 1.37 bits per heavy atom. The second-order valence-corrected chi connectivity index (χ2v) is 9.67. The van der Waals surface area contributed by atoms with Crippen molar-refractivity contribution in [3.63, 3.8) is 0 Å². The molecule has 0 bridgehead atoms. The highest BCUT2D eigenvalue weighted by Gasteiger charge is 2.37. The Hall–Kier alpha value is -2.33. The van der Waals surface area contributed by atoms with E-state index in [1.54, 1.807) is 11.3 Å². The molecule has 0 spiro atoms. The third-order valence-electron chi connectivity index (χ3n) is 5.38. The molecule has 1 saturated heterocycles. The summed E-state index contributed by atoms with van der Waals surface area (Å²) in [5.74, 6) is 0.609. The lowest BCUT2D eigenvalue weighted by Crippen LogP contribution is -2.51. The van der Waals surface area contributed by atoms with E-state index in [4.69, 9.17) is 0 Å². The monoisotopic (exact) mass is 493 g/mol. The molecule has 4 heterocycles. The van der Waals surface area contributed by atoms with Crippen LogP contribution in [0.15, 0.2) is 22.9 Å². The van der Waals surface area contributed by atoms with Crippen molar-refractivity contribution in [3.05, 3.63) is 28.8 Å². The Morgan fingerprint density at radius 2 is 2.17 bits per heavy atom. The van der Waals surface area contributed by atoms with Gasteiger partial charge in [-0.2, -0.15) is 0 Å². The number of fused-ring (bicyclic) bond motifs is 1. The number of carbonyl (C=O) groups excluding carboxylic acids is 2.